The maximum absolute atomic E-state index is 12.9. The Balaban J connectivity index is 1.95. The molecule has 3 aliphatic heterocycles. The van der Waals surface area contributed by atoms with Gasteiger partial charge in [-0.2, -0.15) is 0 Å². The standard InChI is InChI=1S/C18H22N2O3/c1-18(2)12-9-22-13-8-6-5-7-11(13)14(12)15-16(21)19(3)10-20(4)17(15)23-18/h5-8,12,14H,9-10H2,1-4H3/t12-,14+/m1/s1. The summed E-state index contributed by atoms with van der Waals surface area (Å²) in [5.41, 5.74) is 1.47. The van der Waals surface area contributed by atoms with Crippen molar-refractivity contribution >= 4 is 5.91 Å². The first-order valence-corrected chi connectivity index (χ1v) is 8.01. The van der Waals surface area contributed by atoms with Crippen LogP contribution in [0.2, 0.25) is 0 Å². The van der Waals surface area contributed by atoms with E-state index < -0.39 is 0 Å². The number of ether oxygens (including phenoxy) is 2. The van der Waals surface area contributed by atoms with Crippen molar-refractivity contribution in [2.75, 3.05) is 27.4 Å². The summed E-state index contributed by atoms with van der Waals surface area (Å²) in [6.45, 7) is 5.28. The second-order valence-corrected chi connectivity index (χ2v) is 7.20. The van der Waals surface area contributed by atoms with Crippen LogP contribution in [0.25, 0.3) is 0 Å². The Morgan fingerprint density at radius 1 is 1.17 bits per heavy atom. The van der Waals surface area contributed by atoms with Gasteiger partial charge in [-0.25, -0.2) is 0 Å². The number of nitrogens with zero attached hydrogens (tertiary/aromatic N) is 2. The molecule has 122 valence electrons. The van der Waals surface area contributed by atoms with Crippen LogP contribution in [0.1, 0.15) is 25.3 Å². The molecule has 0 spiro atoms. The molecular formula is C18H22N2O3. The van der Waals surface area contributed by atoms with E-state index >= 15 is 0 Å². The van der Waals surface area contributed by atoms with Crippen LogP contribution < -0.4 is 4.74 Å². The summed E-state index contributed by atoms with van der Waals surface area (Å²) >= 11 is 0. The number of likely N-dealkylation sites (N-methyl/N-ethyl adjacent to an activating group) is 1. The highest BCUT2D eigenvalue weighted by molar-refractivity contribution is 5.96. The monoisotopic (exact) mass is 314 g/mol. The second-order valence-electron chi connectivity index (χ2n) is 7.20. The van der Waals surface area contributed by atoms with Gasteiger partial charge in [0.05, 0.1) is 18.8 Å². The lowest BCUT2D eigenvalue weighted by Crippen LogP contribution is -2.55. The fraction of sp³-hybridized carbons (Fsp3) is 0.500. The molecule has 0 saturated carbocycles. The number of fused-ring (bicyclic) bond motifs is 4. The Kier molecular flexibility index (Phi) is 2.92. The molecule has 0 aromatic heterocycles. The van der Waals surface area contributed by atoms with Crippen molar-refractivity contribution in [3.63, 3.8) is 0 Å². The third-order valence-electron chi connectivity index (χ3n) is 5.22. The summed E-state index contributed by atoms with van der Waals surface area (Å²) in [6, 6.07) is 8.03. The molecular weight excluding hydrogens is 292 g/mol. The van der Waals surface area contributed by atoms with Gasteiger partial charge in [0, 0.05) is 31.5 Å². The van der Waals surface area contributed by atoms with Gasteiger partial charge in [-0.15, -0.1) is 0 Å². The molecule has 3 heterocycles. The molecule has 5 nitrogen and oxygen atoms in total. The first kappa shape index (κ1) is 14.4. The summed E-state index contributed by atoms with van der Waals surface area (Å²) in [6.07, 6.45) is 0. The van der Waals surface area contributed by atoms with Crippen molar-refractivity contribution < 1.29 is 14.3 Å². The second kappa shape index (κ2) is 4.66. The molecule has 0 saturated heterocycles. The first-order chi connectivity index (χ1) is 10.9. The zero-order valence-corrected chi connectivity index (χ0v) is 14.0. The topological polar surface area (TPSA) is 42.0 Å². The van der Waals surface area contributed by atoms with Gasteiger partial charge in [-0.05, 0) is 19.9 Å². The van der Waals surface area contributed by atoms with Crippen molar-refractivity contribution in [3.8, 4) is 5.75 Å². The number of amides is 1. The van der Waals surface area contributed by atoms with E-state index in [4.69, 9.17) is 9.47 Å². The molecule has 23 heavy (non-hydrogen) atoms. The van der Waals surface area contributed by atoms with Crippen LogP contribution in [0.4, 0.5) is 0 Å². The minimum Gasteiger partial charge on any atom is -0.493 e. The molecule has 1 aromatic rings. The average Bonchev–Trinajstić information content (AvgIpc) is 2.52. The van der Waals surface area contributed by atoms with E-state index in [-0.39, 0.29) is 23.3 Å². The van der Waals surface area contributed by atoms with Gasteiger partial charge in [0.2, 0.25) is 5.88 Å². The molecule has 5 heteroatoms. The normalized spacial score (nSPS) is 28.4. The van der Waals surface area contributed by atoms with Crippen LogP contribution in [0.5, 0.6) is 5.75 Å². The minimum absolute atomic E-state index is 0.0106. The number of hydrogen-bond donors (Lipinski definition) is 0. The Morgan fingerprint density at radius 2 is 1.91 bits per heavy atom. The van der Waals surface area contributed by atoms with E-state index in [9.17, 15) is 4.79 Å². The molecule has 4 rings (SSSR count). The molecule has 0 fully saturated rings. The fourth-order valence-corrected chi connectivity index (χ4v) is 3.99. The number of para-hydroxylation sites is 1. The van der Waals surface area contributed by atoms with Crippen molar-refractivity contribution in [1.82, 2.24) is 9.80 Å². The molecule has 1 aromatic carbocycles. The van der Waals surface area contributed by atoms with E-state index in [0.717, 1.165) is 22.8 Å². The van der Waals surface area contributed by atoms with Crippen LogP contribution in [-0.2, 0) is 9.53 Å². The van der Waals surface area contributed by atoms with E-state index in [1.807, 2.05) is 37.2 Å². The molecule has 0 unspecified atom stereocenters. The molecule has 3 aliphatic rings. The zero-order valence-electron chi connectivity index (χ0n) is 14.0. The van der Waals surface area contributed by atoms with E-state index in [2.05, 4.69) is 19.9 Å². The van der Waals surface area contributed by atoms with Gasteiger partial charge in [0.1, 0.15) is 11.4 Å². The maximum Gasteiger partial charge on any atom is 0.256 e. The van der Waals surface area contributed by atoms with Crippen molar-refractivity contribution in [3.05, 3.63) is 41.3 Å². The molecule has 0 aliphatic carbocycles. The third kappa shape index (κ3) is 1.95. The quantitative estimate of drug-likeness (QED) is 0.736. The van der Waals surface area contributed by atoms with E-state index in [1.54, 1.807) is 4.90 Å². The predicted molar refractivity (Wildman–Crippen MR) is 85.8 cm³/mol. The number of carbonyl (C=O) groups is 1. The van der Waals surface area contributed by atoms with Gasteiger partial charge in [-0.1, -0.05) is 18.2 Å². The molecule has 1 amide bonds. The van der Waals surface area contributed by atoms with Gasteiger partial charge in [0.15, 0.2) is 0 Å². The number of carbonyl (C=O) groups excluding carboxylic acids is 1. The van der Waals surface area contributed by atoms with Crippen LogP contribution >= 0.6 is 0 Å². The Hall–Kier alpha value is -2.17. The van der Waals surface area contributed by atoms with Crippen molar-refractivity contribution in [2.45, 2.75) is 25.4 Å². The largest absolute Gasteiger partial charge is 0.493 e. The molecule has 2 atom stereocenters. The lowest BCUT2D eigenvalue weighted by Gasteiger charge is -2.51. The number of rotatable bonds is 0. The SMILES string of the molecule is CN1CN(C)C2=C(C1=O)[C@H]1c3ccccc3OC[C@H]1C(C)(C)O2. The predicted octanol–water partition coefficient (Wildman–Crippen LogP) is 2.16. The van der Waals surface area contributed by atoms with E-state index in [0.29, 0.717) is 13.3 Å². The highest BCUT2D eigenvalue weighted by Gasteiger charge is 2.53. The molecule has 0 N–H and O–H groups in total. The summed E-state index contributed by atoms with van der Waals surface area (Å²) in [5, 5.41) is 0. The summed E-state index contributed by atoms with van der Waals surface area (Å²) in [4.78, 5) is 16.7. The fourth-order valence-electron chi connectivity index (χ4n) is 3.99. The van der Waals surface area contributed by atoms with Crippen LogP contribution in [0.3, 0.4) is 0 Å². The summed E-state index contributed by atoms with van der Waals surface area (Å²) in [7, 11) is 3.81. The summed E-state index contributed by atoms with van der Waals surface area (Å²) in [5.74, 6) is 1.77. The van der Waals surface area contributed by atoms with Crippen LogP contribution in [0.15, 0.2) is 35.7 Å². The Labute approximate surface area is 136 Å². The number of hydrogen-bond acceptors (Lipinski definition) is 4. The Morgan fingerprint density at radius 3 is 2.70 bits per heavy atom. The lowest BCUT2D eigenvalue weighted by atomic mass is 9.69. The Bertz CT molecular complexity index is 710. The van der Waals surface area contributed by atoms with Gasteiger partial charge >= 0.3 is 0 Å². The molecule has 0 bridgehead atoms. The minimum atomic E-state index is -0.387. The molecule has 0 radical (unpaired) electrons. The lowest BCUT2D eigenvalue weighted by molar-refractivity contribution is -0.141. The van der Waals surface area contributed by atoms with Crippen LogP contribution in [-0.4, -0.2) is 48.7 Å². The van der Waals surface area contributed by atoms with Gasteiger partial charge in [-0.3, -0.25) is 4.79 Å². The van der Waals surface area contributed by atoms with Crippen LogP contribution in [0, 0.1) is 5.92 Å². The number of benzene rings is 1. The van der Waals surface area contributed by atoms with Gasteiger partial charge in [0.25, 0.3) is 5.91 Å². The van der Waals surface area contributed by atoms with Crippen molar-refractivity contribution in [1.29, 1.82) is 0 Å². The third-order valence-corrected chi connectivity index (χ3v) is 5.22. The smallest absolute Gasteiger partial charge is 0.256 e. The van der Waals surface area contributed by atoms with Gasteiger partial charge < -0.3 is 19.3 Å². The average molecular weight is 314 g/mol. The highest BCUT2D eigenvalue weighted by atomic mass is 16.5. The zero-order chi connectivity index (χ0) is 16.4. The first-order valence-electron chi connectivity index (χ1n) is 8.01. The van der Waals surface area contributed by atoms with Crippen molar-refractivity contribution in [2.24, 2.45) is 5.92 Å². The highest BCUT2D eigenvalue weighted by Crippen LogP contribution is 2.52. The maximum atomic E-state index is 12.9. The summed E-state index contributed by atoms with van der Waals surface area (Å²) < 4.78 is 12.2. The van der Waals surface area contributed by atoms with E-state index in [1.165, 1.54) is 0 Å².